The van der Waals surface area contributed by atoms with Gasteiger partial charge in [0.1, 0.15) is 5.82 Å². The summed E-state index contributed by atoms with van der Waals surface area (Å²) in [6.45, 7) is 6.65. The van der Waals surface area contributed by atoms with Crippen molar-refractivity contribution in [2.75, 3.05) is 6.54 Å². The average molecular weight is 401 g/mol. The second-order valence-electron chi connectivity index (χ2n) is 7.08. The van der Waals surface area contributed by atoms with Gasteiger partial charge in [0.05, 0.1) is 28.1 Å². The zero-order chi connectivity index (χ0) is 20.1. The highest BCUT2D eigenvalue weighted by molar-refractivity contribution is 7.09. The highest BCUT2D eigenvalue weighted by Gasteiger charge is 2.20. The van der Waals surface area contributed by atoms with Crippen LogP contribution in [-0.2, 0) is 6.42 Å². The van der Waals surface area contributed by atoms with Gasteiger partial charge in [-0.3, -0.25) is 4.79 Å². The van der Waals surface area contributed by atoms with Gasteiger partial charge in [0.2, 0.25) is 0 Å². The average Bonchev–Trinajstić information content (AvgIpc) is 3.28. The normalized spacial score (nSPS) is 11.2. The number of nitrogens with zero attached hydrogens (tertiary/aromatic N) is 3. The second-order valence-corrected chi connectivity index (χ2v) is 8.02. The van der Waals surface area contributed by atoms with Crippen LogP contribution in [0.2, 0.25) is 0 Å². The van der Waals surface area contributed by atoms with Gasteiger partial charge in [-0.25, -0.2) is 14.1 Å². The van der Waals surface area contributed by atoms with Gasteiger partial charge in [0.15, 0.2) is 0 Å². The summed E-state index contributed by atoms with van der Waals surface area (Å²) in [7, 11) is 0. The maximum atomic E-state index is 13.2. The fourth-order valence-corrected chi connectivity index (χ4v) is 3.91. The van der Waals surface area contributed by atoms with E-state index in [1.807, 2.05) is 20.8 Å². The molecule has 0 fully saturated rings. The zero-order valence-electron chi connectivity index (χ0n) is 16.4. The maximum absolute atomic E-state index is 13.2. The lowest BCUT2D eigenvalue weighted by Crippen LogP contribution is -2.25. The van der Waals surface area contributed by atoms with E-state index in [9.17, 15) is 9.18 Å². The number of aromatic nitrogens is 3. The summed E-state index contributed by atoms with van der Waals surface area (Å²) < 4.78 is 14.9. The Labute approximate surface area is 168 Å². The topological polar surface area (TPSA) is 59.8 Å². The van der Waals surface area contributed by atoms with Crippen LogP contribution >= 0.6 is 11.3 Å². The van der Waals surface area contributed by atoms with E-state index in [-0.39, 0.29) is 17.6 Å². The molecule has 3 aromatic rings. The van der Waals surface area contributed by atoms with Gasteiger partial charge in [-0.2, -0.15) is 5.10 Å². The summed E-state index contributed by atoms with van der Waals surface area (Å²) in [5.41, 5.74) is 3.19. The van der Waals surface area contributed by atoms with E-state index in [4.69, 9.17) is 0 Å². The van der Waals surface area contributed by atoms with Crippen molar-refractivity contribution in [3.05, 3.63) is 63.6 Å². The van der Waals surface area contributed by atoms with Crippen molar-refractivity contribution in [2.24, 2.45) is 0 Å². The lowest BCUT2D eigenvalue weighted by atomic mass is 10.0. The minimum atomic E-state index is -0.298. The lowest BCUT2D eigenvalue weighted by Gasteiger charge is -2.13. The Balaban J connectivity index is 1.60. The van der Waals surface area contributed by atoms with Crippen LogP contribution in [-0.4, -0.2) is 27.2 Å². The van der Waals surface area contributed by atoms with Gasteiger partial charge in [0.25, 0.3) is 5.91 Å². The summed E-state index contributed by atoms with van der Waals surface area (Å²) >= 11 is 1.68. The van der Waals surface area contributed by atoms with Gasteiger partial charge in [-0.05, 0) is 56.4 Å². The third-order valence-corrected chi connectivity index (χ3v) is 5.47. The summed E-state index contributed by atoms with van der Waals surface area (Å²) in [5, 5.41) is 10.6. The molecule has 5 nitrogen and oxygen atoms in total. The standard InChI is InChI=1S/C21H25FN4OS/c1-14(2)20-18(12-24-26(20)17-9-7-16(22)8-10-17)21(27)23-11-5-4-6-19-25-15(3)13-28-19/h7-10,12-14H,4-6,11H2,1-3H3,(H,23,27). The van der Waals surface area contributed by atoms with E-state index in [2.05, 4.69) is 20.8 Å². The van der Waals surface area contributed by atoms with Gasteiger partial charge >= 0.3 is 0 Å². The van der Waals surface area contributed by atoms with Crippen molar-refractivity contribution < 1.29 is 9.18 Å². The van der Waals surface area contributed by atoms with Gasteiger partial charge in [-0.1, -0.05) is 13.8 Å². The summed E-state index contributed by atoms with van der Waals surface area (Å²) in [6.07, 6.45) is 4.41. The molecule has 0 aliphatic carbocycles. The second kappa shape index (κ2) is 9.10. The van der Waals surface area contributed by atoms with E-state index in [0.717, 1.165) is 41.3 Å². The minimum absolute atomic E-state index is 0.0986. The Hall–Kier alpha value is -2.54. The molecule has 0 aliphatic rings. The molecule has 0 saturated heterocycles. The predicted molar refractivity (Wildman–Crippen MR) is 110 cm³/mol. The lowest BCUT2D eigenvalue weighted by molar-refractivity contribution is 0.0951. The smallest absolute Gasteiger partial charge is 0.254 e. The van der Waals surface area contributed by atoms with Crippen LogP contribution in [0.3, 0.4) is 0 Å². The first-order valence-corrected chi connectivity index (χ1v) is 10.4. The molecule has 2 heterocycles. The summed E-state index contributed by atoms with van der Waals surface area (Å²) in [6, 6.07) is 6.11. The molecular formula is C21H25FN4OS. The largest absolute Gasteiger partial charge is 0.352 e. The highest BCUT2D eigenvalue weighted by Crippen LogP contribution is 2.23. The van der Waals surface area contributed by atoms with Crippen LogP contribution in [0.15, 0.2) is 35.8 Å². The molecule has 1 aromatic carbocycles. The predicted octanol–water partition coefficient (Wildman–Crippen LogP) is 4.65. The van der Waals surface area contributed by atoms with Crippen molar-refractivity contribution >= 4 is 17.2 Å². The van der Waals surface area contributed by atoms with E-state index < -0.39 is 0 Å². The van der Waals surface area contributed by atoms with Crippen molar-refractivity contribution in [1.82, 2.24) is 20.1 Å². The van der Waals surface area contributed by atoms with E-state index in [1.54, 1.807) is 34.3 Å². The highest BCUT2D eigenvalue weighted by atomic mass is 32.1. The van der Waals surface area contributed by atoms with Gasteiger partial charge in [0, 0.05) is 17.6 Å². The van der Waals surface area contributed by atoms with Crippen molar-refractivity contribution in [3.63, 3.8) is 0 Å². The molecule has 0 radical (unpaired) electrons. The number of benzene rings is 1. The molecule has 148 valence electrons. The number of carbonyl (C=O) groups is 1. The summed E-state index contributed by atoms with van der Waals surface area (Å²) in [5.74, 6) is -0.323. The third kappa shape index (κ3) is 4.84. The molecule has 28 heavy (non-hydrogen) atoms. The summed E-state index contributed by atoms with van der Waals surface area (Å²) in [4.78, 5) is 17.1. The van der Waals surface area contributed by atoms with Crippen molar-refractivity contribution in [1.29, 1.82) is 0 Å². The molecule has 0 atom stereocenters. The van der Waals surface area contributed by atoms with Crippen LogP contribution in [0.25, 0.3) is 5.69 Å². The first-order chi connectivity index (χ1) is 13.5. The molecule has 2 aromatic heterocycles. The fraction of sp³-hybridized carbons (Fsp3) is 0.381. The number of carbonyl (C=O) groups excluding carboxylic acids is 1. The molecule has 7 heteroatoms. The van der Waals surface area contributed by atoms with Crippen molar-refractivity contribution in [3.8, 4) is 5.69 Å². The minimum Gasteiger partial charge on any atom is -0.352 e. The van der Waals surface area contributed by atoms with E-state index in [1.165, 1.54) is 12.1 Å². The first kappa shape index (κ1) is 20.2. The third-order valence-electron chi connectivity index (χ3n) is 4.44. The van der Waals surface area contributed by atoms with Gasteiger partial charge in [-0.15, -0.1) is 11.3 Å². The van der Waals surface area contributed by atoms with Crippen molar-refractivity contribution in [2.45, 2.75) is 46.0 Å². The van der Waals surface area contributed by atoms with Crippen LogP contribution in [0.1, 0.15) is 59.4 Å². The Bertz CT molecular complexity index is 930. The fourth-order valence-electron chi connectivity index (χ4n) is 3.09. The van der Waals surface area contributed by atoms with Gasteiger partial charge < -0.3 is 5.32 Å². The molecule has 1 N–H and O–H groups in total. The Kier molecular flexibility index (Phi) is 6.57. The number of amides is 1. The molecule has 0 bridgehead atoms. The number of nitrogens with one attached hydrogen (secondary N) is 1. The molecule has 1 amide bonds. The number of thiazole rings is 1. The van der Waals surface area contributed by atoms with E-state index >= 15 is 0 Å². The molecule has 0 spiro atoms. The number of aryl methyl sites for hydroxylation is 2. The monoisotopic (exact) mass is 400 g/mol. The molecule has 0 unspecified atom stereocenters. The van der Waals surface area contributed by atoms with E-state index in [0.29, 0.717) is 12.1 Å². The van der Waals surface area contributed by atoms with Crippen LogP contribution in [0, 0.1) is 12.7 Å². The Morgan fingerprint density at radius 2 is 2.00 bits per heavy atom. The quantitative estimate of drug-likeness (QED) is 0.560. The van der Waals surface area contributed by atoms with Crippen LogP contribution in [0.4, 0.5) is 4.39 Å². The molecule has 0 aliphatic heterocycles. The maximum Gasteiger partial charge on any atom is 0.254 e. The Morgan fingerprint density at radius 1 is 1.25 bits per heavy atom. The number of halogens is 1. The number of hydrogen-bond donors (Lipinski definition) is 1. The van der Waals surface area contributed by atoms with Crippen LogP contribution in [0.5, 0.6) is 0 Å². The SMILES string of the molecule is Cc1csc(CCCCNC(=O)c2cnn(-c3ccc(F)cc3)c2C(C)C)n1. The Morgan fingerprint density at radius 3 is 2.64 bits per heavy atom. The number of unbranched alkanes of at least 4 members (excludes halogenated alkanes) is 1. The first-order valence-electron chi connectivity index (χ1n) is 9.48. The molecule has 0 saturated carbocycles. The number of rotatable bonds is 8. The molecule has 3 rings (SSSR count). The number of hydrogen-bond acceptors (Lipinski definition) is 4. The zero-order valence-corrected chi connectivity index (χ0v) is 17.2. The molecular weight excluding hydrogens is 375 g/mol. The van der Waals surface area contributed by atoms with Crippen LogP contribution < -0.4 is 5.32 Å².